The van der Waals surface area contributed by atoms with Crippen LogP contribution in [0.5, 0.6) is 0 Å². The van der Waals surface area contributed by atoms with Crippen molar-refractivity contribution in [1.29, 1.82) is 0 Å². The zero-order chi connectivity index (χ0) is 20.5. The standard InChI is InChI=1S/C21H24Cl2N2O2S/c1-3-12-24-21(27)15(2)25(13-16-4-6-17(22)7-5-16)20(26)14-28-19-10-8-18(23)9-11-19/h4-11,15H,3,12-14H2,1-2H3,(H,24,27)/t15-/m1/s1. The van der Waals surface area contributed by atoms with Gasteiger partial charge in [0.1, 0.15) is 6.04 Å². The SMILES string of the molecule is CCCNC(=O)[C@@H](C)N(Cc1ccc(Cl)cc1)C(=O)CSc1ccc(Cl)cc1. The van der Waals surface area contributed by atoms with Crippen LogP contribution >= 0.6 is 35.0 Å². The molecular formula is C21H24Cl2N2O2S. The van der Waals surface area contributed by atoms with Crippen molar-refractivity contribution >= 4 is 46.8 Å². The highest BCUT2D eigenvalue weighted by molar-refractivity contribution is 8.00. The highest BCUT2D eigenvalue weighted by Crippen LogP contribution is 2.22. The van der Waals surface area contributed by atoms with E-state index in [0.29, 0.717) is 23.1 Å². The first-order valence-electron chi connectivity index (χ1n) is 9.10. The Morgan fingerprint density at radius 3 is 2.18 bits per heavy atom. The molecule has 2 rings (SSSR count). The lowest BCUT2D eigenvalue weighted by Gasteiger charge is -2.28. The summed E-state index contributed by atoms with van der Waals surface area (Å²) in [5, 5.41) is 4.15. The molecule has 4 nitrogen and oxygen atoms in total. The number of thioether (sulfide) groups is 1. The smallest absolute Gasteiger partial charge is 0.242 e. The normalized spacial score (nSPS) is 11.7. The minimum atomic E-state index is -0.569. The first-order chi connectivity index (χ1) is 13.4. The third-order valence-electron chi connectivity index (χ3n) is 4.16. The van der Waals surface area contributed by atoms with Crippen LogP contribution in [-0.2, 0) is 16.1 Å². The summed E-state index contributed by atoms with van der Waals surface area (Å²) in [5.74, 6) is -0.0182. The summed E-state index contributed by atoms with van der Waals surface area (Å²) in [6, 6.07) is 14.1. The lowest BCUT2D eigenvalue weighted by molar-refractivity contribution is -0.138. The summed E-state index contributed by atoms with van der Waals surface area (Å²) in [7, 11) is 0. The molecule has 0 heterocycles. The summed E-state index contributed by atoms with van der Waals surface area (Å²) < 4.78 is 0. The monoisotopic (exact) mass is 438 g/mol. The Morgan fingerprint density at radius 1 is 1.04 bits per heavy atom. The van der Waals surface area contributed by atoms with E-state index in [1.165, 1.54) is 11.8 Å². The van der Waals surface area contributed by atoms with E-state index in [1.807, 2.05) is 31.2 Å². The van der Waals surface area contributed by atoms with Crippen LogP contribution in [0.25, 0.3) is 0 Å². The second-order valence-corrected chi connectivity index (χ2v) is 8.28. The van der Waals surface area contributed by atoms with E-state index in [-0.39, 0.29) is 17.6 Å². The van der Waals surface area contributed by atoms with Crippen molar-refractivity contribution in [2.45, 2.75) is 37.8 Å². The summed E-state index contributed by atoms with van der Waals surface area (Å²) in [4.78, 5) is 28.0. The number of hydrogen-bond acceptors (Lipinski definition) is 3. The van der Waals surface area contributed by atoms with Crippen molar-refractivity contribution in [2.24, 2.45) is 0 Å². The molecule has 0 aliphatic heterocycles. The second kappa shape index (κ2) is 11.3. The molecule has 0 radical (unpaired) electrons. The Hall–Kier alpha value is -1.69. The van der Waals surface area contributed by atoms with E-state index in [0.717, 1.165) is 16.9 Å². The van der Waals surface area contributed by atoms with E-state index in [9.17, 15) is 9.59 Å². The Kier molecular flexibility index (Phi) is 9.16. The molecule has 0 spiro atoms. The third kappa shape index (κ3) is 7.04. The Labute approximate surface area is 180 Å². The van der Waals surface area contributed by atoms with Crippen LogP contribution in [0.4, 0.5) is 0 Å². The van der Waals surface area contributed by atoms with Gasteiger partial charge in [-0.15, -0.1) is 11.8 Å². The predicted molar refractivity (Wildman–Crippen MR) is 117 cm³/mol. The number of nitrogens with one attached hydrogen (secondary N) is 1. The average Bonchev–Trinajstić information content (AvgIpc) is 2.70. The topological polar surface area (TPSA) is 49.4 Å². The number of rotatable bonds is 9. The highest BCUT2D eigenvalue weighted by Gasteiger charge is 2.25. The Morgan fingerprint density at radius 2 is 1.61 bits per heavy atom. The predicted octanol–water partition coefficient (Wildman–Crippen LogP) is 5.03. The molecule has 2 aromatic carbocycles. The number of hydrogen-bond donors (Lipinski definition) is 1. The summed E-state index contributed by atoms with van der Waals surface area (Å²) in [6.45, 7) is 4.68. The second-order valence-electron chi connectivity index (χ2n) is 6.36. The number of carbonyl (C=O) groups is 2. The molecule has 2 amide bonds. The molecule has 0 aliphatic carbocycles. The van der Waals surface area contributed by atoms with Crippen LogP contribution in [0.2, 0.25) is 10.0 Å². The molecule has 0 aromatic heterocycles. The van der Waals surface area contributed by atoms with Gasteiger partial charge in [0, 0.05) is 28.0 Å². The van der Waals surface area contributed by atoms with Crippen molar-refractivity contribution in [2.75, 3.05) is 12.3 Å². The van der Waals surface area contributed by atoms with Crippen molar-refractivity contribution in [3.8, 4) is 0 Å². The molecule has 150 valence electrons. The molecule has 0 unspecified atom stereocenters. The molecule has 0 aliphatic rings. The fourth-order valence-electron chi connectivity index (χ4n) is 2.52. The first-order valence-corrected chi connectivity index (χ1v) is 10.8. The molecule has 0 saturated carbocycles. The molecular weight excluding hydrogens is 415 g/mol. The highest BCUT2D eigenvalue weighted by atomic mass is 35.5. The largest absolute Gasteiger partial charge is 0.354 e. The zero-order valence-corrected chi connectivity index (χ0v) is 18.3. The van der Waals surface area contributed by atoms with E-state index >= 15 is 0 Å². The van der Waals surface area contributed by atoms with Crippen molar-refractivity contribution < 1.29 is 9.59 Å². The quantitative estimate of drug-likeness (QED) is 0.558. The lowest BCUT2D eigenvalue weighted by Crippen LogP contribution is -2.48. The summed E-state index contributed by atoms with van der Waals surface area (Å²) >= 11 is 13.3. The Balaban J connectivity index is 2.10. The number of halogens is 2. The van der Waals surface area contributed by atoms with Gasteiger partial charge in [0.2, 0.25) is 11.8 Å². The fraction of sp³-hybridized carbons (Fsp3) is 0.333. The maximum Gasteiger partial charge on any atom is 0.242 e. The van der Waals surface area contributed by atoms with Crippen LogP contribution < -0.4 is 5.32 Å². The minimum absolute atomic E-state index is 0.103. The van der Waals surface area contributed by atoms with Crippen LogP contribution in [0.3, 0.4) is 0 Å². The third-order valence-corrected chi connectivity index (χ3v) is 5.66. The minimum Gasteiger partial charge on any atom is -0.354 e. The van der Waals surface area contributed by atoms with Gasteiger partial charge in [-0.1, -0.05) is 42.3 Å². The zero-order valence-electron chi connectivity index (χ0n) is 16.0. The molecule has 28 heavy (non-hydrogen) atoms. The van der Waals surface area contributed by atoms with E-state index in [2.05, 4.69) is 5.32 Å². The summed E-state index contributed by atoms with van der Waals surface area (Å²) in [5.41, 5.74) is 0.921. The maximum atomic E-state index is 12.9. The summed E-state index contributed by atoms with van der Waals surface area (Å²) in [6.07, 6.45) is 0.843. The van der Waals surface area contributed by atoms with Crippen molar-refractivity contribution in [3.05, 3.63) is 64.1 Å². The van der Waals surface area contributed by atoms with Gasteiger partial charge in [0.25, 0.3) is 0 Å². The fourth-order valence-corrected chi connectivity index (χ4v) is 3.56. The number of nitrogens with zero attached hydrogens (tertiary/aromatic N) is 1. The molecule has 0 saturated heterocycles. The first kappa shape index (κ1) is 22.6. The van der Waals surface area contributed by atoms with Gasteiger partial charge >= 0.3 is 0 Å². The van der Waals surface area contributed by atoms with E-state index in [1.54, 1.807) is 36.1 Å². The van der Waals surface area contributed by atoms with Crippen LogP contribution in [0, 0.1) is 0 Å². The molecule has 0 bridgehead atoms. The molecule has 1 N–H and O–H groups in total. The van der Waals surface area contributed by atoms with Crippen molar-refractivity contribution in [3.63, 3.8) is 0 Å². The maximum absolute atomic E-state index is 12.9. The molecule has 1 atom stereocenters. The van der Waals surface area contributed by atoms with Gasteiger partial charge in [-0.2, -0.15) is 0 Å². The van der Waals surface area contributed by atoms with Gasteiger partial charge in [-0.05, 0) is 55.3 Å². The van der Waals surface area contributed by atoms with E-state index < -0.39 is 6.04 Å². The van der Waals surface area contributed by atoms with Gasteiger partial charge in [-0.25, -0.2) is 0 Å². The molecule has 7 heteroatoms. The number of amides is 2. The van der Waals surface area contributed by atoms with Crippen molar-refractivity contribution in [1.82, 2.24) is 10.2 Å². The molecule has 2 aromatic rings. The number of carbonyl (C=O) groups excluding carboxylic acids is 2. The van der Waals surface area contributed by atoms with Gasteiger partial charge in [0.15, 0.2) is 0 Å². The Bertz CT molecular complexity index is 782. The van der Waals surface area contributed by atoms with Gasteiger partial charge in [-0.3, -0.25) is 9.59 Å². The van der Waals surface area contributed by atoms with Gasteiger partial charge < -0.3 is 10.2 Å². The lowest BCUT2D eigenvalue weighted by atomic mass is 10.1. The number of benzene rings is 2. The van der Waals surface area contributed by atoms with Crippen LogP contribution in [0.15, 0.2) is 53.4 Å². The van der Waals surface area contributed by atoms with E-state index in [4.69, 9.17) is 23.2 Å². The average molecular weight is 439 g/mol. The van der Waals surface area contributed by atoms with Crippen LogP contribution in [0.1, 0.15) is 25.8 Å². The molecule has 0 fully saturated rings. The van der Waals surface area contributed by atoms with Crippen LogP contribution in [-0.4, -0.2) is 35.1 Å². The van der Waals surface area contributed by atoms with Gasteiger partial charge in [0.05, 0.1) is 5.75 Å².